The van der Waals surface area contributed by atoms with Gasteiger partial charge in [0, 0.05) is 22.8 Å². The van der Waals surface area contributed by atoms with Gasteiger partial charge in [0.25, 0.3) is 5.91 Å². The Morgan fingerprint density at radius 3 is 2.51 bits per heavy atom. The summed E-state index contributed by atoms with van der Waals surface area (Å²) >= 11 is 0. The highest BCUT2D eigenvalue weighted by Gasteiger charge is 2.30. The second kappa shape index (κ2) is 9.92. The van der Waals surface area contributed by atoms with Crippen molar-refractivity contribution < 1.29 is 14.7 Å². The Labute approximate surface area is 203 Å². The van der Waals surface area contributed by atoms with Crippen LogP contribution in [0.3, 0.4) is 0 Å². The smallest absolute Gasteiger partial charge is 0.255 e. The highest BCUT2D eigenvalue weighted by Crippen LogP contribution is 2.30. The van der Waals surface area contributed by atoms with Crippen molar-refractivity contribution in [3.63, 3.8) is 0 Å². The lowest BCUT2D eigenvalue weighted by atomic mass is 9.93. The first-order chi connectivity index (χ1) is 16.8. The molecule has 0 saturated heterocycles. The molecule has 4 rings (SSSR count). The van der Waals surface area contributed by atoms with E-state index >= 15 is 0 Å². The lowest BCUT2D eigenvalue weighted by molar-refractivity contribution is -0.127. The van der Waals surface area contributed by atoms with Crippen LogP contribution in [-0.2, 0) is 4.79 Å². The van der Waals surface area contributed by atoms with Gasteiger partial charge in [-0.1, -0.05) is 36.4 Å². The predicted octanol–water partition coefficient (Wildman–Crippen LogP) is 3.19. The molecule has 3 aromatic carbocycles. The molecule has 35 heavy (non-hydrogen) atoms. The first-order valence-electron chi connectivity index (χ1n) is 11.0. The van der Waals surface area contributed by atoms with Crippen molar-refractivity contribution in [3.8, 4) is 11.1 Å². The molecule has 0 spiro atoms. The normalized spacial score (nSPS) is 12.9. The van der Waals surface area contributed by atoms with Crippen LogP contribution in [0.15, 0.2) is 79.0 Å². The van der Waals surface area contributed by atoms with E-state index in [2.05, 4.69) is 10.3 Å². The number of pyridine rings is 1. The van der Waals surface area contributed by atoms with Crippen LogP contribution in [0.2, 0.25) is 0 Å². The molecule has 0 radical (unpaired) electrons. The van der Waals surface area contributed by atoms with Crippen molar-refractivity contribution in [1.82, 2.24) is 9.88 Å². The van der Waals surface area contributed by atoms with Gasteiger partial charge in [0.1, 0.15) is 5.82 Å². The molecular formula is C27H27N5O3. The number of nitrogens with two attached hydrogens (primary N) is 2. The number of anilines is 2. The molecule has 0 aliphatic heterocycles. The monoisotopic (exact) mass is 469 g/mol. The van der Waals surface area contributed by atoms with Gasteiger partial charge in [-0.05, 0) is 72.6 Å². The van der Waals surface area contributed by atoms with Crippen LogP contribution in [0.25, 0.3) is 21.9 Å². The van der Waals surface area contributed by atoms with E-state index in [0.29, 0.717) is 28.2 Å². The molecule has 2 amide bonds. The Bertz CT molecular complexity index is 1400. The van der Waals surface area contributed by atoms with Crippen LogP contribution in [0, 0.1) is 0 Å². The Kier molecular flexibility index (Phi) is 6.77. The van der Waals surface area contributed by atoms with Crippen LogP contribution in [0.1, 0.15) is 22.0 Å². The minimum absolute atomic E-state index is 0.400. The van der Waals surface area contributed by atoms with Crippen molar-refractivity contribution in [3.05, 3.63) is 90.1 Å². The molecule has 8 heteroatoms. The number of likely N-dealkylation sites (N-methyl/N-ethyl adjacent to an activating group) is 1. The molecule has 0 aliphatic rings. The molecule has 0 saturated carbocycles. The maximum Gasteiger partial charge on any atom is 0.255 e. The summed E-state index contributed by atoms with van der Waals surface area (Å²) in [5.74, 6) is -0.665. The number of carbonyl (C=O) groups is 2. The third-order valence-electron chi connectivity index (χ3n) is 5.92. The number of nitrogen functional groups attached to an aromatic ring is 1. The lowest BCUT2D eigenvalue weighted by Gasteiger charge is -2.29. The van der Waals surface area contributed by atoms with Crippen LogP contribution >= 0.6 is 0 Å². The van der Waals surface area contributed by atoms with E-state index in [4.69, 9.17) is 11.5 Å². The molecule has 8 nitrogen and oxygen atoms in total. The van der Waals surface area contributed by atoms with Gasteiger partial charge in [-0.15, -0.1) is 0 Å². The van der Waals surface area contributed by atoms with Gasteiger partial charge in [-0.2, -0.15) is 0 Å². The van der Waals surface area contributed by atoms with Crippen molar-refractivity contribution in [2.24, 2.45) is 5.73 Å². The number of benzene rings is 3. The highest BCUT2D eigenvalue weighted by molar-refractivity contribution is 6.00. The lowest BCUT2D eigenvalue weighted by Crippen LogP contribution is -2.39. The van der Waals surface area contributed by atoms with E-state index in [0.717, 1.165) is 16.3 Å². The van der Waals surface area contributed by atoms with E-state index < -0.39 is 24.0 Å². The quantitative estimate of drug-likeness (QED) is 0.328. The summed E-state index contributed by atoms with van der Waals surface area (Å²) in [4.78, 5) is 30.8. The van der Waals surface area contributed by atoms with Crippen molar-refractivity contribution in [2.75, 3.05) is 25.1 Å². The van der Waals surface area contributed by atoms with Gasteiger partial charge < -0.3 is 21.9 Å². The fourth-order valence-electron chi connectivity index (χ4n) is 4.24. The number of hydrogen-bond acceptors (Lipinski definition) is 6. The standard InChI is InChI=1S/C27H27N5O3/c1-32(2)23(18-7-5-6-16(14-18)20-8-3-4-9-22(20)26(29)34)24(33)27(35)31-19-10-11-21-17(15-19)12-13-30-25(21)28/h3-15,23-24,33H,1-2H3,(H2,28,30)(H2,29,34)(H,31,35). The van der Waals surface area contributed by atoms with E-state index in [1.54, 1.807) is 61.6 Å². The minimum atomic E-state index is -1.37. The molecule has 1 aromatic heterocycles. The average molecular weight is 470 g/mol. The van der Waals surface area contributed by atoms with Crippen LogP contribution in [0.5, 0.6) is 0 Å². The Hall–Kier alpha value is -4.27. The highest BCUT2D eigenvalue weighted by atomic mass is 16.3. The molecule has 2 atom stereocenters. The number of primary amides is 1. The number of fused-ring (bicyclic) bond motifs is 1. The minimum Gasteiger partial charge on any atom is -0.383 e. The Morgan fingerprint density at radius 2 is 1.77 bits per heavy atom. The summed E-state index contributed by atoms with van der Waals surface area (Å²) in [6.45, 7) is 0. The summed E-state index contributed by atoms with van der Waals surface area (Å²) in [6, 6.07) is 20.9. The van der Waals surface area contributed by atoms with E-state index in [1.807, 2.05) is 36.4 Å². The molecule has 1 heterocycles. The van der Waals surface area contributed by atoms with Gasteiger partial charge >= 0.3 is 0 Å². The molecule has 0 aliphatic carbocycles. The summed E-state index contributed by atoms with van der Waals surface area (Å²) < 4.78 is 0. The molecule has 0 fully saturated rings. The first-order valence-corrected chi connectivity index (χ1v) is 11.0. The molecular weight excluding hydrogens is 442 g/mol. The number of amides is 2. The topological polar surface area (TPSA) is 135 Å². The second-order valence-corrected chi connectivity index (χ2v) is 8.51. The largest absolute Gasteiger partial charge is 0.383 e. The fraction of sp³-hybridized carbons (Fsp3) is 0.148. The maximum atomic E-state index is 13.0. The number of nitrogens with one attached hydrogen (secondary N) is 1. The number of nitrogens with zero attached hydrogens (tertiary/aromatic N) is 2. The number of carbonyl (C=O) groups excluding carboxylic acids is 2. The summed E-state index contributed by atoms with van der Waals surface area (Å²) in [6.07, 6.45) is 0.230. The molecule has 6 N–H and O–H groups in total. The van der Waals surface area contributed by atoms with Crippen molar-refractivity contribution in [1.29, 1.82) is 0 Å². The maximum absolute atomic E-state index is 13.0. The van der Waals surface area contributed by atoms with Gasteiger partial charge in [-0.3, -0.25) is 14.5 Å². The summed E-state index contributed by atoms with van der Waals surface area (Å²) in [7, 11) is 3.58. The van der Waals surface area contributed by atoms with Gasteiger partial charge in [0.15, 0.2) is 6.10 Å². The number of aliphatic hydroxyl groups is 1. The molecule has 2 unspecified atom stereocenters. The summed E-state index contributed by atoms with van der Waals surface area (Å²) in [5.41, 5.74) is 14.6. The van der Waals surface area contributed by atoms with Crippen LogP contribution < -0.4 is 16.8 Å². The summed E-state index contributed by atoms with van der Waals surface area (Å²) in [5, 5.41) is 15.5. The zero-order valence-electron chi connectivity index (χ0n) is 19.5. The van der Waals surface area contributed by atoms with Crippen molar-refractivity contribution >= 4 is 34.1 Å². The molecule has 0 bridgehead atoms. The number of aliphatic hydroxyl groups excluding tert-OH is 1. The third kappa shape index (κ3) is 4.98. The SMILES string of the molecule is CN(C)C(c1cccc(-c2ccccc2C(N)=O)c1)C(O)C(=O)Nc1ccc2c(N)nccc2c1. The molecule has 4 aromatic rings. The zero-order chi connectivity index (χ0) is 25.1. The first kappa shape index (κ1) is 23.9. The zero-order valence-corrected chi connectivity index (χ0v) is 19.5. The Balaban J connectivity index is 1.62. The van der Waals surface area contributed by atoms with Crippen LogP contribution in [0.4, 0.5) is 11.5 Å². The van der Waals surface area contributed by atoms with Crippen LogP contribution in [-0.4, -0.2) is 47.0 Å². The number of rotatable bonds is 7. The van der Waals surface area contributed by atoms with Gasteiger partial charge in [0.05, 0.1) is 6.04 Å². The van der Waals surface area contributed by atoms with E-state index in [1.165, 1.54) is 0 Å². The van der Waals surface area contributed by atoms with E-state index in [-0.39, 0.29) is 0 Å². The van der Waals surface area contributed by atoms with Gasteiger partial charge in [0.2, 0.25) is 5.91 Å². The fourth-order valence-corrected chi connectivity index (χ4v) is 4.24. The van der Waals surface area contributed by atoms with Crippen molar-refractivity contribution in [2.45, 2.75) is 12.1 Å². The Morgan fingerprint density at radius 1 is 1.00 bits per heavy atom. The number of hydrogen-bond donors (Lipinski definition) is 4. The van der Waals surface area contributed by atoms with Gasteiger partial charge in [-0.25, -0.2) is 4.98 Å². The molecule has 178 valence electrons. The predicted molar refractivity (Wildman–Crippen MR) is 138 cm³/mol. The number of aromatic nitrogens is 1. The van der Waals surface area contributed by atoms with E-state index in [9.17, 15) is 14.7 Å². The second-order valence-electron chi connectivity index (χ2n) is 8.51. The average Bonchev–Trinajstić information content (AvgIpc) is 2.84. The third-order valence-corrected chi connectivity index (χ3v) is 5.92.